The Balaban J connectivity index is 1.79. The lowest BCUT2D eigenvalue weighted by Crippen LogP contribution is -2.21. The number of hydrogen-bond donors (Lipinski definition) is 3. The van der Waals surface area contributed by atoms with Crippen LogP contribution in [0.3, 0.4) is 0 Å². The summed E-state index contributed by atoms with van der Waals surface area (Å²) in [7, 11) is 0. The monoisotopic (exact) mass is 355 g/mol. The van der Waals surface area contributed by atoms with Gasteiger partial charge in [0.1, 0.15) is 5.75 Å². The van der Waals surface area contributed by atoms with Gasteiger partial charge in [0.05, 0.1) is 13.2 Å². The Hall–Kier alpha value is -3.02. The number of rotatable bonds is 9. The number of nitrogens with one attached hydrogen (secondary N) is 3. The summed E-state index contributed by atoms with van der Waals surface area (Å²) in [6, 6.07) is 14.5. The van der Waals surface area contributed by atoms with Crippen LogP contribution < -0.4 is 20.7 Å². The van der Waals surface area contributed by atoms with Crippen molar-refractivity contribution >= 4 is 28.9 Å². The predicted molar refractivity (Wildman–Crippen MR) is 105 cm³/mol. The highest BCUT2D eigenvalue weighted by molar-refractivity contribution is 5.94. The van der Waals surface area contributed by atoms with Crippen molar-refractivity contribution in [3.8, 4) is 5.75 Å². The van der Waals surface area contributed by atoms with Gasteiger partial charge in [-0.05, 0) is 61.9 Å². The molecule has 2 aromatic rings. The molecule has 0 heterocycles. The average molecular weight is 355 g/mol. The van der Waals surface area contributed by atoms with Crippen molar-refractivity contribution in [3.05, 3.63) is 48.5 Å². The van der Waals surface area contributed by atoms with E-state index in [9.17, 15) is 9.59 Å². The average Bonchev–Trinajstić information content (AvgIpc) is 2.63. The van der Waals surface area contributed by atoms with Crippen LogP contribution in [-0.4, -0.2) is 25.0 Å². The van der Waals surface area contributed by atoms with Gasteiger partial charge in [0.15, 0.2) is 0 Å². The molecule has 0 aliphatic heterocycles. The van der Waals surface area contributed by atoms with Gasteiger partial charge in [-0.15, -0.1) is 0 Å². The van der Waals surface area contributed by atoms with Crippen LogP contribution in [0.15, 0.2) is 48.5 Å². The van der Waals surface area contributed by atoms with Crippen LogP contribution in [0.4, 0.5) is 17.1 Å². The van der Waals surface area contributed by atoms with Gasteiger partial charge in [0, 0.05) is 23.5 Å². The van der Waals surface area contributed by atoms with Crippen LogP contribution in [0.25, 0.3) is 0 Å². The third-order valence-electron chi connectivity index (χ3n) is 3.55. The summed E-state index contributed by atoms with van der Waals surface area (Å²) in [5.74, 6) is 0.638. The summed E-state index contributed by atoms with van der Waals surface area (Å²) in [5.41, 5.74) is 2.24. The number of ether oxygens (including phenoxy) is 1. The minimum atomic E-state index is -0.151. The normalized spacial score (nSPS) is 10.1. The third kappa shape index (κ3) is 6.47. The first-order valence-electron chi connectivity index (χ1n) is 8.77. The molecule has 0 aliphatic rings. The summed E-state index contributed by atoms with van der Waals surface area (Å²) in [4.78, 5) is 23.6. The largest absolute Gasteiger partial charge is 0.494 e. The highest BCUT2D eigenvalue weighted by Crippen LogP contribution is 2.16. The number of anilines is 3. The fourth-order valence-electron chi connectivity index (χ4n) is 2.31. The van der Waals surface area contributed by atoms with Crippen LogP contribution in [0.5, 0.6) is 5.75 Å². The topological polar surface area (TPSA) is 79.5 Å². The second-order valence-corrected chi connectivity index (χ2v) is 5.73. The first-order chi connectivity index (χ1) is 12.6. The van der Waals surface area contributed by atoms with Crippen molar-refractivity contribution in [1.82, 2.24) is 0 Å². The molecule has 0 radical (unpaired) electrons. The maximum absolute atomic E-state index is 12.0. The maximum Gasteiger partial charge on any atom is 0.243 e. The van der Waals surface area contributed by atoms with E-state index < -0.39 is 0 Å². The summed E-state index contributed by atoms with van der Waals surface area (Å²) in [6.07, 6.45) is 1.30. The fraction of sp³-hybridized carbons (Fsp3) is 0.300. The molecular formula is C20H25N3O3. The van der Waals surface area contributed by atoms with E-state index >= 15 is 0 Å². The lowest BCUT2D eigenvalue weighted by atomic mass is 10.2. The summed E-state index contributed by atoms with van der Waals surface area (Å²) >= 11 is 0. The molecule has 138 valence electrons. The standard InChI is InChI=1S/C20H25N3O3/c1-3-5-19(24)22-16-6-8-17(9-7-16)23-20(25)14-21-15-10-12-18(13-11-15)26-4-2/h6-13,21H,3-5,14H2,1-2H3,(H,22,24)(H,23,25). The second kappa shape index (κ2) is 10.1. The zero-order valence-electron chi connectivity index (χ0n) is 15.2. The van der Waals surface area contributed by atoms with Gasteiger partial charge in [0.2, 0.25) is 11.8 Å². The van der Waals surface area contributed by atoms with E-state index in [1.807, 2.05) is 38.1 Å². The van der Waals surface area contributed by atoms with Crippen molar-refractivity contribution in [2.75, 3.05) is 29.1 Å². The van der Waals surface area contributed by atoms with E-state index in [0.29, 0.717) is 24.4 Å². The first-order valence-corrected chi connectivity index (χ1v) is 8.77. The number of benzene rings is 2. The van der Waals surface area contributed by atoms with Crippen LogP contribution in [0, 0.1) is 0 Å². The molecule has 0 bridgehead atoms. The van der Waals surface area contributed by atoms with Crippen LogP contribution in [-0.2, 0) is 9.59 Å². The molecule has 2 rings (SSSR count). The van der Waals surface area contributed by atoms with Gasteiger partial charge >= 0.3 is 0 Å². The van der Waals surface area contributed by atoms with E-state index in [0.717, 1.165) is 17.9 Å². The van der Waals surface area contributed by atoms with Gasteiger partial charge in [-0.1, -0.05) is 6.92 Å². The fourth-order valence-corrected chi connectivity index (χ4v) is 2.31. The molecule has 0 unspecified atom stereocenters. The lowest BCUT2D eigenvalue weighted by molar-refractivity contribution is -0.116. The quantitative estimate of drug-likeness (QED) is 0.638. The minimum Gasteiger partial charge on any atom is -0.494 e. The Kier molecular flexibility index (Phi) is 7.49. The molecule has 0 aliphatic carbocycles. The van der Waals surface area contributed by atoms with Crippen molar-refractivity contribution < 1.29 is 14.3 Å². The summed E-state index contributed by atoms with van der Waals surface area (Å²) in [5, 5.41) is 8.68. The molecule has 0 saturated heterocycles. The van der Waals surface area contributed by atoms with Crippen LogP contribution >= 0.6 is 0 Å². The Labute approximate surface area is 153 Å². The Morgan fingerprint density at radius 2 is 1.35 bits per heavy atom. The molecule has 0 atom stereocenters. The number of amides is 2. The maximum atomic E-state index is 12.0. The molecule has 6 heteroatoms. The van der Waals surface area contributed by atoms with Crippen LogP contribution in [0.1, 0.15) is 26.7 Å². The van der Waals surface area contributed by atoms with Crippen LogP contribution in [0.2, 0.25) is 0 Å². The van der Waals surface area contributed by atoms with Gasteiger partial charge in [-0.3, -0.25) is 9.59 Å². The molecule has 2 aromatic carbocycles. The van der Waals surface area contributed by atoms with Crippen molar-refractivity contribution in [1.29, 1.82) is 0 Å². The summed E-state index contributed by atoms with van der Waals surface area (Å²) in [6.45, 7) is 4.67. The molecule has 6 nitrogen and oxygen atoms in total. The van der Waals surface area contributed by atoms with E-state index in [-0.39, 0.29) is 18.4 Å². The zero-order valence-corrected chi connectivity index (χ0v) is 15.2. The highest BCUT2D eigenvalue weighted by Gasteiger charge is 2.04. The number of carbonyl (C=O) groups is 2. The van der Waals surface area contributed by atoms with Crippen molar-refractivity contribution in [2.45, 2.75) is 26.7 Å². The molecule has 26 heavy (non-hydrogen) atoms. The Morgan fingerprint density at radius 3 is 1.88 bits per heavy atom. The van der Waals surface area contributed by atoms with E-state index in [1.54, 1.807) is 24.3 Å². The predicted octanol–water partition coefficient (Wildman–Crippen LogP) is 3.87. The minimum absolute atomic E-state index is 0.0103. The van der Waals surface area contributed by atoms with E-state index in [1.165, 1.54) is 0 Å². The zero-order chi connectivity index (χ0) is 18.8. The van der Waals surface area contributed by atoms with E-state index in [4.69, 9.17) is 4.74 Å². The van der Waals surface area contributed by atoms with Gasteiger partial charge in [-0.2, -0.15) is 0 Å². The molecule has 0 saturated carbocycles. The smallest absolute Gasteiger partial charge is 0.243 e. The molecule has 2 amide bonds. The Morgan fingerprint density at radius 1 is 0.808 bits per heavy atom. The van der Waals surface area contributed by atoms with Gasteiger partial charge in [0.25, 0.3) is 0 Å². The number of carbonyl (C=O) groups excluding carboxylic acids is 2. The first kappa shape index (κ1) is 19.3. The van der Waals surface area contributed by atoms with Crippen molar-refractivity contribution in [2.24, 2.45) is 0 Å². The lowest BCUT2D eigenvalue weighted by Gasteiger charge is -2.10. The third-order valence-corrected chi connectivity index (χ3v) is 3.55. The molecule has 3 N–H and O–H groups in total. The van der Waals surface area contributed by atoms with Crippen molar-refractivity contribution in [3.63, 3.8) is 0 Å². The van der Waals surface area contributed by atoms with Gasteiger partial charge < -0.3 is 20.7 Å². The SMILES string of the molecule is CCCC(=O)Nc1ccc(NC(=O)CNc2ccc(OCC)cc2)cc1. The van der Waals surface area contributed by atoms with E-state index in [2.05, 4.69) is 16.0 Å². The molecule has 0 spiro atoms. The molecule has 0 fully saturated rings. The second-order valence-electron chi connectivity index (χ2n) is 5.73. The molecular weight excluding hydrogens is 330 g/mol. The number of hydrogen-bond acceptors (Lipinski definition) is 4. The highest BCUT2D eigenvalue weighted by atomic mass is 16.5. The molecule has 0 aromatic heterocycles. The van der Waals surface area contributed by atoms with Gasteiger partial charge in [-0.25, -0.2) is 0 Å². The Bertz CT molecular complexity index is 712. The summed E-state index contributed by atoms with van der Waals surface area (Å²) < 4.78 is 5.38.